The number of benzene rings is 1. The van der Waals surface area contributed by atoms with E-state index in [9.17, 15) is 4.79 Å². The topological polar surface area (TPSA) is 34.4 Å². The van der Waals surface area contributed by atoms with E-state index in [0.29, 0.717) is 6.54 Å². The largest absolute Gasteiger partial charge is 0.348 e. The lowest BCUT2D eigenvalue weighted by Crippen LogP contribution is -1.94. The zero-order chi connectivity index (χ0) is 12.3. The van der Waals surface area contributed by atoms with Gasteiger partial charge in [0.1, 0.15) is 0 Å². The highest BCUT2D eigenvalue weighted by molar-refractivity contribution is 5.85. The van der Waals surface area contributed by atoms with Gasteiger partial charge < -0.3 is 4.57 Å². The third-order valence-corrected chi connectivity index (χ3v) is 3.29. The van der Waals surface area contributed by atoms with E-state index in [1.807, 2.05) is 0 Å². The number of hydrogen-bond donors (Lipinski definition) is 0. The van der Waals surface area contributed by atoms with Crippen LogP contribution in [0.5, 0.6) is 0 Å². The van der Waals surface area contributed by atoms with Gasteiger partial charge in [0.25, 0.3) is 0 Å². The van der Waals surface area contributed by atoms with Crippen molar-refractivity contribution in [1.29, 1.82) is 0 Å². The third-order valence-electron chi connectivity index (χ3n) is 3.29. The molecule has 0 aliphatic heterocycles. The lowest BCUT2D eigenvalue weighted by Gasteiger charge is -2.00. The van der Waals surface area contributed by atoms with E-state index in [4.69, 9.17) is 0 Å². The van der Waals surface area contributed by atoms with Gasteiger partial charge in [-0.05, 0) is 31.4 Å². The minimum absolute atomic E-state index is 0.562. The van der Waals surface area contributed by atoms with Crippen LogP contribution >= 0.6 is 0 Å². The molecule has 1 aromatic heterocycles. The van der Waals surface area contributed by atoms with E-state index in [1.54, 1.807) is 6.08 Å². The van der Waals surface area contributed by atoms with Gasteiger partial charge in [0, 0.05) is 23.6 Å². The van der Waals surface area contributed by atoms with Crippen LogP contribution in [0.15, 0.2) is 29.3 Å². The second kappa shape index (κ2) is 4.98. The Morgan fingerprint density at radius 3 is 2.88 bits per heavy atom. The summed E-state index contributed by atoms with van der Waals surface area (Å²) in [6.45, 7) is 2.70. The molecule has 2 rings (SSSR count). The molecule has 0 saturated heterocycles. The Balaban J connectivity index is 2.32. The Bertz CT molecular complexity index is 577. The number of nitrogens with zero attached hydrogens (tertiary/aromatic N) is 2. The van der Waals surface area contributed by atoms with Gasteiger partial charge >= 0.3 is 0 Å². The molecule has 3 heteroatoms. The van der Waals surface area contributed by atoms with Gasteiger partial charge in [0.2, 0.25) is 6.08 Å². The summed E-state index contributed by atoms with van der Waals surface area (Å²) in [5, 5.41) is 1.31. The molecule has 0 amide bonds. The summed E-state index contributed by atoms with van der Waals surface area (Å²) in [5.41, 5.74) is 3.92. The first kappa shape index (κ1) is 11.6. The molecule has 2 aromatic rings. The van der Waals surface area contributed by atoms with Gasteiger partial charge in [-0.2, -0.15) is 0 Å². The van der Waals surface area contributed by atoms with Crippen LogP contribution in [0, 0.1) is 6.92 Å². The molecule has 0 fully saturated rings. The van der Waals surface area contributed by atoms with Crippen molar-refractivity contribution in [2.45, 2.75) is 19.8 Å². The van der Waals surface area contributed by atoms with E-state index in [2.05, 4.69) is 47.8 Å². The zero-order valence-electron chi connectivity index (χ0n) is 10.2. The van der Waals surface area contributed by atoms with Crippen LogP contribution in [0.1, 0.15) is 17.7 Å². The van der Waals surface area contributed by atoms with Crippen molar-refractivity contribution >= 4 is 17.0 Å². The fourth-order valence-electron chi connectivity index (χ4n) is 2.30. The normalized spacial score (nSPS) is 10.5. The summed E-state index contributed by atoms with van der Waals surface area (Å²) in [6.07, 6.45) is 3.43. The van der Waals surface area contributed by atoms with Gasteiger partial charge in [-0.1, -0.05) is 18.2 Å². The zero-order valence-corrected chi connectivity index (χ0v) is 10.2. The summed E-state index contributed by atoms with van der Waals surface area (Å²) in [6, 6.07) is 8.41. The minimum atomic E-state index is 0.562. The summed E-state index contributed by atoms with van der Waals surface area (Å²) in [7, 11) is 2.09. The molecule has 3 nitrogen and oxygen atoms in total. The summed E-state index contributed by atoms with van der Waals surface area (Å²) < 4.78 is 2.22. The SMILES string of the molecule is Cc1c(CCCN=C=O)c2ccccc2n1C. The second-order valence-corrected chi connectivity index (χ2v) is 4.22. The first-order valence-electron chi connectivity index (χ1n) is 5.82. The molecule has 1 heterocycles. The average Bonchev–Trinajstić information content (AvgIpc) is 2.60. The number of fused-ring (bicyclic) bond motifs is 1. The first-order valence-corrected chi connectivity index (χ1v) is 5.82. The molecule has 0 spiro atoms. The highest BCUT2D eigenvalue weighted by Gasteiger charge is 2.10. The molecule has 0 saturated carbocycles. The molecule has 1 aromatic carbocycles. The smallest absolute Gasteiger partial charge is 0.234 e. The number of aliphatic imine (C=N–C) groups is 1. The number of aromatic nitrogens is 1. The predicted octanol–water partition coefficient (Wildman–Crippen LogP) is 2.76. The van der Waals surface area contributed by atoms with Crippen LogP contribution < -0.4 is 0 Å². The van der Waals surface area contributed by atoms with Gasteiger partial charge in [-0.15, -0.1) is 0 Å². The molecule has 0 atom stereocenters. The van der Waals surface area contributed by atoms with Crippen molar-refractivity contribution in [3.8, 4) is 0 Å². The second-order valence-electron chi connectivity index (χ2n) is 4.22. The predicted molar refractivity (Wildman–Crippen MR) is 69.0 cm³/mol. The Morgan fingerprint density at radius 2 is 2.12 bits per heavy atom. The summed E-state index contributed by atoms with van der Waals surface area (Å²) in [4.78, 5) is 13.6. The van der Waals surface area contributed by atoms with Crippen molar-refractivity contribution in [1.82, 2.24) is 4.57 Å². The maximum Gasteiger partial charge on any atom is 0.234 e. The van der Waals surface area contributed by atoms with Crippen LogP contribution in [0.25, 0.3) is 10.9 Å². The van der Waals surface area contributed by atoms with Crippen LogP contribution in [0.4, 0.5) is 0 Å². The first-order chi connectivity index (χ1) is 8.25. The number of carbonyl (C=O) groups excluding carboxylic acids is 1. The number of isocyanates is 1. The lowest BCUT2D eigenvalue weighted by atomic mass is 10.1. The van der Waals surface area contributed by atoms with Crippen molar-refractivity contribution in [2.24, 2.45) is 12.0 Å². The molecule has 17 heavy (non-hydrogen) atoms. The highest BCUT2D eigenvalue weighted by Crippen LogP contribution is 2.25. The van der Waals surface area contributed by atoms with Crippen LogP contribution in [0.3, 0.4) is 0 Å². The number of hydrogen-bond acceptors (Lipinski definition) is 2. The van der Waals surface area contributed by atoms with Crippen LogP contribution in [-0.2, 0) is 18.3 Å². The fraction of sp³-hybridized carbons (Fsp3) is 0.357. The van der Waals surface area contributed by atoms with Gasteiger partial charge in [-0.3, -0.25) is 0 Å². The Labute approximate surface area is 101 Å². The quantitative estimate of drug-likeness (QED) is 0.450. The maximum atomic E-state index is 10.0. The van der Waals surface area contributed by atoms with E-state index >= 15 is 0 Å². The summed E-state index contributed by atoms with van der Waals surface area (Å²) >= 11 is 0. The molecule has 0 N–H and O–H groups in total. The molecular formula is C14H16N2O. The van der Waals surface area contributed by atoms with E-state index in [1.165, 1.54) is 22.2 Å². The van der Waals surface area contributed by atoms with Gasteiger partial charge in [0.15, 0.2) is 0 Å². The van der Waals surface area contributed by atoms with Gasteiger partial charge in [0.05, 0.1) is 6.54 Å². The Kier molecular flexibility index (Phi) is 3.40. The molecule has 0 aliphatic rings. The molecule has 0 bridgehead atoms. The summed E-state index contributed by atoms with van der Waals surface area (Å²) in [5.74, 6) is 0. The number of aryl methyl sites for hydroxylation is 2. The monoisotopic (exact) mass is 228 g/mol. The van der Waals surface area contributed by atoms with Crippen LogP contribution in [-0.4, -0.2) is 17.2 Å². The van der Waals surface area contributed by atoms with Crippen LogP contribution in [0.2, 0.25) is 0 Å². The van der Waals surface area contributed by atoms with Crippen molar-refractivity contribution in [3.63, 3.8) is 0 Å². The maximum absolute atomic E-state index is 10.0. The average molecular weight is 228 g/mol. The Hall–Kier alpha value is -1.86. The molecule has 0 unspecified atom stereocenters. The third kappa shape index (κ3) is 2.15. The molecule has 88 valence electrons. The van der Waals surface area contributed by atoms with Gasteiger partial charge in [-0.25, -0.2) is 9.79 Å². The fourth-order valence-corrected chi connectivity index (χ4v) is 2.30. The molecular weight excluding hydrogens is 212 g/mol. The van der Waals surface area contributed by atoms with Crippen molar-refractivity contribution < 1.29 is 4.79 Å². The van der Waals surface area contributed by atoms with Crippen molar-refractivity contribution in [2.75, 3.05) is 6.54 Å². The standard InChI is InChI=1S/C14H16N2O/c1-11-12(7-5-9-15-10-17)13-6-3-4-8-14(13)16(11)2/h3-4,6,8H,5,7,9H2,1-2H3. The number of rotatable bonds is 4. The van der Waals surface area contributed by atoms with Crippen molar-refractivity contribution in [3.05, 3.63) is 35.5 Å². The Morgan fingerprint density at radius 1 is 1.35 bits per heavy atom. The highest BCUT2D eigenvalue weighted by atomic mass is 16.1. The van der Waals surface area contributed by atoms with E-state index in [-0.39, 0.29) is 0 Å². The lowest BCUT2D eigenvalue weighted by molar-refractivity contribution is 0.562. The molecule has 0 aliphatic carbocycles. The minimum Gasteiger partial charge on any atom is -0.348 e. The number of para-hydroxylation sites is 1. The van der Waals surface area contributed by atoms with E-state index < -0.39 is 0 Å². The molecule has 0 radical (unpaired) electrons. The van der Waals surface area contributed by atoms with E-state index in [0.717, 1.165) is 12.8 Å².